The van der Waals surface area contributed by atoms with Crippen LogP contribution in [0.1, 0.15) is 36.6 Å². The maximum absolute atomic E-state index is 13.6. The van der Waals surface area contributed by atoms with Crippen LogP contribution in [0.2, 0.25) is 0 Å². The molecule has 0 saturated heterocycles. The van der Waals surface area contributed by atoms with Crippen LogP contribution in [0, 0.1) is 6.92 Å². The summed E-state index contributed by atoms with van der Waals surface area (Å²) in [6.45, 7) is 4.69. The number of para-hydroxylation sites is 1. The van der Waals surface area contributed by atoms with E-state index in [0.29, 0.717) is 12.4 Å². The molecule has 3 aromatic heterocycles. The molecule has 0 aliphatic rings. The van der Waals surface area contributed by atoms with Crippen LogP contribution in [0.3, 0.4) is 0 Å². The van der Waals surface area contributed by atoms with Crippen LogP contribution < -0.4 is 5.69 Å². The van der Waals surface area contributed by atoms with Gasteiger partial charge in [-0.25, -0.2) is 4.79 Å². The summed E-state index contributed by atoms with van der Waals surface area (Å²) in [4.78, 5) is 17.9. The van der Waals surface area contributed by atoms with Gasteiger partial charge in [0.2, 0.25) is 5.82 Å². The first-order valence-corrected chi connectivity index (χ1v) is 12.7. The summed E-state index contributed by atoms with van der Waals surface area (Å²) in [7, 11) is 0. The van der Waals surface area contributed by atoms with Gasteiger partial charge < -0.3 is 0 Å². The van der Waals surface area contributed by atoms with E-state index in [1.54, 1.807) is 17.0 Å². The van der Waals surface area contributed by atoms with Crippen molar-refractivity contribution < 1.29 is 0 Å². The van der Waals surface area contributed by atoms with E-state index in [2.05, 4.69) is 60.6 Å². The number of tetrazole rings is 1. The fourth-order valence-electron chi connectivity index (χ4n) is 4.41. The van der Waals surface area contributed by atoms with Crippen molar-refractivity contribution in [3.8, 4) is 28.2 Å². The molecular weight excluding hydrogens is 518 g/mol. The molecule has 9 heteroatoms. The summed E-state index contributed by atoms with van der Waals surface area (Å²) in [6, 6.07) is 16.0. The zero-order valence-electron chi connectivity index (χ0n) is 20.1. The highest BCUT2D eigenvalue weighted by atomic mass is 79.9. The minimum atomic E-state index is -0.0353. The van der Waals surface area contributed by atoms with Gasteiger partial charge in [0.05, 0.1) is 12.2 Å². The topological polar surface area (TPSA) is 94.3 Å². The van der Waals surface area contributed by atoms with Crippen molar-refractivity contribution in [1.29, 1.82) is 0 Å². The number of pyridine rings is 1. The summed E-state index contributed by atoms with van der Waals surface area (Å²) < 4.78 is 4.56. The normalized spacial score (nSPS) is 11.2. The molecule has 8 nitrogen and oxygen atoms in total. The number of imidazole rings is 1. The van der Waals surface area contributed by atoms with Gasteiger partial charge >= 0.3 is 5.69 Å². The highest BCUT2D eigenvalue weighted by molar-refractivity contribution is 9.10. The standard InChI is InChI=1S/C27H26BrN7O/c1-3-4-7-21-17-35(25-18(2)6-5-8-24(25)28)27(36)34(21)16-19-9-11-20(12-10-19)23-15-29-14-13-22(23)26-30-32-33-31-26/h5-6,8-15,17H,3-4,7,16H2,1-2H3,(H,30,31,32,33). The molecule has 0 atom stereocenters. The average molecular weight is 544 g/mol. The number of nitrogens with zero attached hydrogens (tertiary/aromatic N) is 6. The molecule has 5 aromatic rings. The predicted octanol–water partition coefficient (Wildman–Crippen LogP) is 5.34. The van der Waals surface area contributed by atoms with Crippen molar-refractivity contribution in [1.82, 2.24) is 34.7 Å². The van der Waals surface area contributed by atoms with E-state index in [0.717, 1.165) is 62.9 Å². The number of unbranched alkanes of at least 4 members (excludes halogenated alkanes) is 1. The second kappa shape index (κ2) is 10.4. The second-order valence-electron chi connectivity index (χ2n) is 8.72. The lowest BCUT2D eigenvalue weighted by Gasteiger charge is -2.10. The third kappa shape index (κ3) is 4.66. The first-order valence-electron chi connectivity index (χ1n) is 11.9. The van der Waals surface area contributed by atoms with E-state index in [1.807, 2.05) is 54.1 Å². The van der Waals surface area contributed by atoms with Crippen LogP contribution in [0.25, 0.3) is 28.2 Å². The molecule has 0 saturated carbocycles. The summed E-state index contributed by atoms with van der Waals surface area (Å²) in [5.41, 5.74) is 6.74. The fraction of sp³-hybridized carbons (Fsp3) is 0.222. The van der Waals surface area contributed by atoms with Crippen molar-refractivity contribution in [2.45, 2.75) is 39.7 Å². The van der Waals surface area contributed by atoms with Crippen molar-refractivity contribution in [2.24, 2.45) is 0 Å². The van der Waals surface area contributed by atoms with Crippen molar-refractivity contribution in [3.05, 3.63) is 98.9 Å². The summed E-state index contributed by atoms with van der Waals surface area (Å²) in [5, 5.41) is 14.4. The lowest BCUT2D eigenvalue weighted by molar-refractivity contribution is 0.673. The molecule has 5 rings (SSSR count). The molecule has 0 radical (unpaired) electrons. The molecule has 0 aliphatic carbocycles. The second-order valence-corrected chi connectivity index (χ2v) is 9.58. The van der Waals surface area contributed by atoms with Gasteiger partial charge in [-0.2, -0.15) is 5.21 Å². The van der Waals surface area contributed by atoms with Crippen molar-refractivity contribution >= 4 is 15.9 Å². The summed E-state index contributed by atoms with van der Waals surface area (Å²) >= 11 is 3.63. The number of nitrogens with one attached hydrogen (secondary N) is 1. The summed E-state index contributed by atoms with van der Waals surface area (Å²) in [6.07, 6.45) is 8.45. The van der Waals surface area contributed by atoms with Crippen LogP contribution >= 0.6 is 15.9 Å². The van der Waals surface area contributed by atoms with Gasteiger partial charge in [0.25, 0.3) is 0 Å². The number of hydrogen-bond donors (Lipinski definition) is 1. The number of aromatic amines is 1. The largest absolute Gasteiger partial charge is 0.333 e. The number of hydrogen-bond acceptors (Lipinski definition) is 5. The molecule has 182 valence electrons. The van der Waals surface area contributed by atoms with Gasteiger partial charge in [-0.15, -0.1) is 10.2 Å². The van der Waals surface area contributed by atoms with Gasteiger partial charge in [0, 0.05) is 39.9 Å². The number of aromatic nitrogens is 7. The Balaban J connectivity index is 1.49. The van der Waals surface area contributed by atoms with E-state index in [4.69, 9.17) is 0 Å². The summed E-state index contributed by atoms with van der Waals surface area (Å²) in [5.74, 6) is 0.521. The molecule has 0 aliphatic heterocycles. The minimum Gasteiger partial charge on any atom is -0.292 e. The van der Waals surface area contributed by atoms with E-state index < -0.39 is 0 Å². The fourth-order valence-corrected chi connectivity index (χ4v) is 5.07. The molecule has 36 heavy (non-hydrogen) atoms. The number of H-pyrrole nitrogens is 1. The quantitative estimate of drug-likeness (QED) is 0.285. The number of rotatable bonds is 8. The first-order chi connectivity index (χ1) is 17.6. The zero-order valence-corrected chi connectivity index (χ0v) is 21.7. The third-order valence-electron chi connectivity index (χ3n) is 6.29. The third-order valence-corrected chi connectivity index (χ3v) is 6.93. The van der Waals surface area contributed by atoms with Gasteiger partial charge in [0.15, 0.2) is 0 Å². The Morgan fingerprint density at radius 3 is 2.61 bits per heavy atom. The Labute approximate surface area is 217 Å². The van der Waals surface area contributed by atoms with E-state index in [1.165, 1.54) is 0 Å². The van der Waals surface area contributed by atoms with Crippen LogP contribution in [0.4, 0.5) is 0 Å². The minimum absolute atomic E-state index is 0.0353. The predicted molar refractivity (Wildman–Crippen MR) is 143 cm³/mol. The van der Waals surface area contributed by atoms with Crippen LogP contribution in [-0.2, 0) is 13.0 Å². The Bertz CT molecular complexity index is 1520. The molecule has 2 aromatic carbocycles. The van der Waals surface area contributed by atoms with Gasteiger partial charge in [-0.3, -0.25) is 14.1 Å². The van der Waals surface area contributed by atoms with E-state index >= 15 is 0 Å². The monoisotopic (exact) mass is 543 g/mol. The smallest absolute Gasteiger partial charge is 0.292 e. The maximum Gasteiger partial charge on any atom is 0.333 e. The first kappa shape index (κ1) is 23.9. The number of aryl methyl sites for hydroxylation is 2. The van der Waals surface area contributed by atoms with Gasteiger partial charge in [0.1, 0.15) is 0 Å². The number of halogens is 1. The molecule has 0 bridgehead atoms. The molecule has 0 fully saturated rings. The van der Waals surface area contributed by atoms with Crippen LogP contribution in [0.5, 0.6) is 0 Å². The van der Waals surface area contributed by atoms with E-state index in [9.17, 15) is 4.79 Å². The van der Waals surface area contributed by atoms with Gasteiger partial charge in [-0.1, -0.05) is 49.7 Å². The van der Waals surface area contributed by atoms with Crippen LogP contribution in [-0.4, -0.2) is 34.7 Å². The SMILES string of the molecule is CCCCc1cn(-c2c(C)cccc2Br)c(=O)n1Cc1ccc(-c2cnccc2-c2nn[nH]n2)cc1. The van der Waals surface area contributed by atoms with E-state index in [-0.39, 0.29) is 5.69 Å². The number of benzene rings is 2. The molecule has 3 heterocycles. The lowest BCUT2D eigenvalue weighted by Crippen LogP contribution is -2.25. The average Bonchev–Trinajstić information content (AvgIpc) is 3.53. The molecule has 0 spiro atoms. The molecule has 1 N–H and O–H groups in total. The highest BCUT2D eigenvalue weighted by Crippen LogP contribution is 2.29. The lowest BCUT2D eigenvalue weighted by atomic mass is 10.0. The molecule has 0 unspecified atom stereocenters. The Hall–Kier alpha value is -3.85. The Morgan fingerprint density at radius 2 is 1.89 bits per heavy atom. The maximum atomic E-state index is 13.6. The van der Waals surface area contributed by atoms with Crippen LogP contribution in [0.15, 0.2) is 76.4 Å². The Morgan fingerprint density at radius 1 is 1.06 bits per heavy atom. The molecular formula is C27H26BrN7O. The molecule has 0 amide bonds. The Kier molecular flexibility index (Phi) is 6.90. The highest BCUT2D eigenvalue weighted by Gasteiger charge is 2.17. The zero-order chi connectivity index (χ0) is 25.1. The van der Waals surface area contributed by atoms with Gasteiger partial charge in [-0.05, 0) is 69.7 Å². The van der Waals surface area contributed by atoms with Crippen molar-refractivity contribution in [2.75, 3.05) is 0 Å². The van der Waals surface area contributed by atoms with Crippen molar-refractivity contribution in [3.63, 3.8) is 0 Å².